The molecule has 0 heterocycles. The molecule has 0 radical (unpaired) electrons. The molecule has 0 aromatic heterocycles. The number of hydrogen-bond donors (Lipinski definition) is 2. The van der Waals surface area contributed by atoms with Crippen molar-refractivity contribution in [3.8, 4) is 11.5 Å². The van der Waals surface area contributed by atoms with Crippen molar-refractivity contribution in [3.63, 3.8) is 0 Å². The number of carbonyl (C=O) groups is 2. The van der Waals surface area contributed by atoms with Gasteiger partial charge < -0.3 is 19.9 Å². The first-order chi connectivity index (χ1) is 13.0. The number of amides is 1. The Morgan fingerprint density at radius 3 is 2.41 bits per heavy atom. The van der Waals surface area contributed by atoms with E-state index in [2.05, 4.69) is 5.32 Å². The van der Waals surface area contributed by atoms with E-state index in [4.69, 9.17) is 9.47 Å². The SMILES string of the molecule is COc1ccc(SCCC(=O)N[C@H](Cc2ccccc2)C(=O)O)cc1OC. The Balaban J connectivity index is 1.84. The minimum Gasteiger partial charge on any atom is -0.493 e. The Hall–Kier alpha value is -2.67. The first-order valence-electron chi connectivity index (χ1n) is 8.44. The maximum Gasteiger partial charge on any atom is 0.326 e. The molecule has 1 amide bonds. The molecule has 144 valence electrons. The zero-order valence-corrected chi connectivity index (χ0v) is 16.1. The molecule has 0 fully saturated rings. The summed E-state index contributed by atoms with van der Waals surface area (Å²) in [5.74, 6) is 0.468. The highest BCUT2D eigenvalue weighted by atomic mass is 32.2. The van der Waals surface area contributed by atoms with Crippen LogP contribution < -0.4 is 14.8 Å². The molecular weight excluding hydrogens is 366 g/mol. The second kappa shape index (κ2) is 10.5. The number of thioether (sulfide) groups is 1. The van der Waals surface area contributed by atoms with Crippen LogP contribution in [0.1, 0.15) is 12.0 Å². The molecule has 1 atom stereocenters. The van der Waals surface area contributed by atoms with E-state index < -0.39 is 12.0 Å². The van der Waals surface area contributed by atoms with E-state index >= 15 is 0 Å². The van der Waals surface area contributed by atoms with Crippen LogP contribution in [0.5, 0.6) is 11.5 Å². The second-order valence-corrected chi connectivity index (χ2v) is 6.93. The number of benzene rings is 2. The van der Waals surface area contributed by atoms with Gasteiger partial charge in [0.2, 0.25) is 5.91 Å². The van der Waals surface area contributed by atoms with Crippen LogP contribution in [0, 0.1) is 0 Å². The van der Waals surface area contributed by atoms with Gasteiger partial charge >= 0.3 is 5.97 Å². The fourth-order valence-electron chi connectivity index (χ4n) is 2.48. The fourth-order valence-corrected chi connectivity index (χ4v) is 3.36. The van der Waals surface area contributed by atoms with Crippen LogP contribution in [0.4, 0.5) is 0 Å². The van der Waals surface area contributed by atoms with E-state index in [1.807, 2.05) is 48.5 Å². The van der Waals surface area contributed by atoms with Crippen molar-refractivity contribution in [1.82, 2.24) is 5.32 Å². The lowest BCUT2D eigenvalue weighted by Gasteiger charge is -2.14. The maximum atomic E-state index is 12.1. The molecule has 27 heavy (non-hydrogen) atoms. The number of aliphatic carboxylic acids is 1. The van der Waals surface area contributed by atoms with Crippen LogP contribution in [0.2, 0.25) is 0 Å². The number of ether oxygens (including phenoxy) is 2. The molecule has 0 saturated carbocycles. The quantitative estimate of drug-likeness (QED) is 0.608. The van der Waals surface area contributed by atoms with Gasteiger partial charge in [-0.25, -0.2) is 4.79 Å². The van der Waals surface area contributed by atoms with Crippen molar-refractivity contribution in [2.24, 2.45) is 0 Å². The molecule has 6 nitrogen and oxygen atoms in total. The van der Waals surface area contributed by atoms with E-state index in [-0.39, 0.29) is 18.7 Å². The van der Waals surface area contributed by atoms with Crippen molar-refractivity contribution in [1.29, 1.82) is 0 Å². The lowest BCUT2D eigenvalue weighted by molar-refractivity contribution is -0.141. The van der Waals surface area contributed by atoms with Gasteiger partial charge in [0.25, 0.3) is 0 Å². The number of carbonyl (C=O) groups excluding carboxylic acids is 1. The van der Waals surface area contributed by atoms with E-state index in [0.29, 0.717) is 17.3 Å². The summed E-state index contributed by atoms with van der Waals surface area (Å²) in [5, 5.41) is 11.9. The van der Waals surface area contributed by atoms with Gasteiger partial charge in [-0.2, -0.15) is 0 Å². The molecular formula is C20H23NO5S. The summed E-state index contributed by atoms with van der Waals surface area (Å²) in [6.07, 6.45) is 0.475. The first kappa shape index (κ1) is 20.6. The molecule has 7 heteroatoms. The third-order valence-electron chi connectivity index (χ3n) is 3.87. The number of carboxylic acid groups (broad SMARTS) is 1. The molecule has 0 bridgehead atoms. The summed E-state index contributed by atoms with van der Waals surface area (Å²) in [6.45, 7) is 0. The highest BCUT2D eigenvalue weighted by molar-refractivity contribution is 7.99. The Kier molecular flexibility index (Phi) is 8.00. The standard InChI is InChI=1S/C20H23NO5S/c1-25-17-9-8-15(13-18(17)26-2)27-11-10-19(22)21-16(20(23)24)12-14-6-4-3-5-7-14/h3-9,13,16H,10-12H2,1-2H3,(H,21,22)(H,23,24)/t16-/m1/s1. The number of carboxylic acids is 1. The molecule has 2 aromatic carbocycles. The molecule has 0 aliphatic carbocycles. The van der Waals surface area contributed by atoms with E-state index in [1.165, 1.54) is 11.8 Å². The summed E-state index contributed by atoms with van der Waals surface area (Å²) in [5.41, 5.74) is 0.866. The highest BCUT2D eigenvalue weighted by Gasteiger charge is 2.20. The highest BCUT2D eigenvalue weighted by Crippen LogP contribution is 2.31. The molecule has 0 spiro atoms. The molecule has 0 unspecified atom stereocenters. The van der Waals surface area contributed by atoms with Crippen molar-refractivity contribution < 1.29 is 24.2 Å². The van der Waals surface area contributed by atoms with Gasteiger partial charge in [0.15, 0.2) is 11.5 Å². The van der Waals surface area contributed by atoms with Crippen molar-refractivity contribution in [2.75, 3.05) is 20.0 Å². The topological polar surface area (TPSA) is 84.9 Å². The summed E-state index contributed by atoms with van der Waals surface area (Å²) in [4.78, 5) is 24.5. The van der Waals surface area contributed by atoms with Gasteiger partial charge in [0, 0.05) is 23.5 Å². The Bertz CT molecular complexity index is 766. The van der Waals surface area contributed by atoms with Crippen LogP contribution >= 0.6 is 11.8 Å². The third kappa shape index (κ3) is 6.53. The van der Waals surface area contributed by atoms with Gasteiger partial charge in [0.05, 0.1) is 14.2 Å². The van der Waals surface area contributed by atoms with Crippen LogP contribution in [0.15, 0.2) is 53.4 Å². The zero-order valence-electron chi connectivity index (χ0n) is 15.3. The summed E-state index contributed by atoms with van der Waals surface area (Å²) in [7, 11) is 3.14. The first-order valence-corrected chi connectivity index (χ1v) is 9.43. The monoisotopic (exact) mass is 389 g/mol. The third-order valence-corrected chi connectivity index (χ3v) is 4.86. The van der Waals surface area contributed by atoms with Gasteiger partial charge in [-0.3, -0.25) is 4.79 Å². The van der Waals surface area contributed by atoms with Crippen LogP contribution in [-0.2, 0) is 16.0 Å². The minimum absolute atomic E-state index is 0.220. The molecule has 2 rings (SSSR count). The van der Waals surface area contributed by atoms with Crippen molar-refractivity contribution in [2.45, 2.75) is 23.8 Å². The molecule has 2 aromatic rings. The maximum absolute atomic E-state index is 12.1. The Morgan fingerprint density at radius 1 is 1.07 bits per heavy atom. The van der Waals surface area contributed by atoms with E-state index in [9.17, 15) is 14.7 Å². The van der Waals surface area contributed by atoms with Crippen molar-refractivity contribution >= 4 is 23.6 Å². The second-order valence-electron chi connectivity index (χ2n) is 5.76. The van der Waals surface area contributed by atoms with Gasteiger partial charge in [-0.1, -0.05) is 30.3 Å². The van der Waals surface area contributed by atoms with E-state index in [1.54, 1.807) is 14.2 Å². The van der Waals surface area contributed by atoms with Crippen LogP contribution in [-0.4, -0.2) is 43.0 Å². The largest absolute Gasteiger partial charge is 0.493 e. The average Bonchev–Trinajstić information content (AvgIpc) is 2.68. The predicted octanol–water partition coefficient (Wildman–Crippen LogP) is 3.00. The fraction of sp³-hybridized carbons (Fsp3) is 0.300. The molecule has 2 N–H and O–H groups in total. The van der Waals surface area contributed by atoms with Crippen LogP contribution in [0.3, 0.4) is 0 Å². The lowest BCUT2D eigenvalue weighted by Crippen LogP contribution is -2.42. The van der Waals surface area contributed by atoms with Gasteiger partial charge in [-0.05, 0) is 23.8 Å². The molecule has 0 saturated heterocycles. The average molecular weight is 389 g/mol. The minimum atomic E-state index is -1.04. The normalized spacial score (nSPS) is 11.5. The summed E-state index contributed by atoms with van der Waals surface area (Å²) >= 11 is 1.49. The summed E-state index contributed by atoms with van der Waals surface area (Å²) < 4.78 is 10.5. The zero-order chi connectivity index (χ0) is 19.6. The number of nitrogens with one attached hydrogen (secondary N) is 1. The molecule has 0 aliphatic rings. The summed E-state index contributed by atoms with van der Waals surface area (Å²) in [6, 6.07) is 13.8. The van der Waals surface area contributed by atoms with Gasteiger partial charge in [0.1, 0.15) is 6.04 Å². The van der Waals surface area contributed by atoms with E-state index in [0.717, 1.165) is 10.5 Å². The Morgan fingerprint density at radius 2 is 1.78 bits per heavy atom. The smallest absolute Gasteiger partial charge is 0.326 e. The van der Waals surface area contributed by atoms with Crippen molar-refractivity contribution in [3.05, 3.63) is 54.1 Å². The number of hydrogen-bond acceptors (Lipinski definition) is 5. The Labute approximate surface area is 162 Å². The predicted molar refractivity (Wildman–Crippen MR) is 105 cm³/mol. The van der Waals surface area contributed by atoms with Gasteiger partial charge in [-0.15, -0.1) is 11.8 Å². The lowest BCUT2D eigenvalue weighted by atomic mass is 10.1. The number of rotatable bonds is 10. The molecule has 0 aliphatic heterocycles. The van der Waals surface area contributed by atoms with Crippen LogP contribution in [0.25, 0.3) is 0 Å². The number of methoxy groups -OCH3 is 2.